The zero-order valence-corrected chi connectivity index (χ0v) is 13.2. The van der Waals surface area contributed by atoms with Gasteiger partial charge in [0.1, 0.15) is 10.9 Å². The van der Waals surface area contributed by atoms with Crippen LogP contribution in [0.5, 0.6) is 0 Å². The van der Waals surface area contributed by atoms with Gasteiger partial charge in [-0.05, 0) is 19.1 Å². The van der Waals surface area contributed by atoms with Crippen LogP contribution in [0, 0.1) is 0 Å². The first-order valence-corrected chi connectivity index (χ1v) is 7.66. The maximum absolute atomic E-state index is 12.2. The number of carbonyl (C=O) groups is 2. The van der Waals surface area contributed by atoms with Crippen LogP contribution in [0.2, 0.25) is 10.0 Å². The molecule has 2 N–H and O–H groups in total. The second kappa shape index (κ2) is 6.61. The highest BCUT2D eigenvalue weighted by molar-refractivity contribution is 7.89. The highest BCUT2D eigenvalue weighted by atomic mass is 35.5. The van der Waals surface area contributed by atoms with E-state index in [1.807, 2.05) is 4.72 Å². The average molecular weight is 356 g/mol. The van der Waals surface area contributed by atoms with E-state index in [1.165, 1.54) is 0 Å². The van der Waals surface area contributed by atoms with E-state index in [-0.39, 0.29) is 15.6 Å². The maximum Gasteiger partial charge on any atom is 0.339 e. The molecular weight excluding hydrogens is 345 g/mol. The fourth-order valence-electron chi connectivity index (χ4n) is 1.44. The van der Waals surface area contributed by atoms with Crippen molar-refractivity contribution in [2.24, 2.45) is 0 Å². The van der Waals surface area contributed by atoms with Crippen LogP contribution >= 0.6 is 23.2 Å². The number of carbonyl (C=O) groups excluding carboxylic acids is 1. The SMILES string of the molecule is COC(=O)c1cc(Cl)cc(Cl)c1S(=O)(=O)NC(C)C(=O)O. The van der Waals surface area contributed by atoms with Crippen LogP contribution in [-0.2, 0) is 19.6 Å². The first-order valence-electron chi connectivity index (χ1n) is 5.42. The summed E-state index contributed by atoms with van der Waals surface area (Å²) in [7, 11) is -3.30. The Morgan fingerprint density at radius 2 is 1.90 bits per heavy atom. The van der Waals surface area contributed by atoms with Crippen molar-refractivity contribution in [1.82, 2.24) is 4.72 Å². The van der Waals surface area contributed by atoms with Gasteiger partial charge in [-0.15, -0.1) is 0 Å². The number of esters is 1. The first kappa shape index (κ1) is 17.7. The minimum atomic E-state index is -4.36. The molecule has 10 heteroatoms. The zero-order valence-electron chi connectivity index (χ0n) is 10.9. The highest BCUT2D eigenvalue weighted by Crippen LogP contribution is 2.30. The Balaban J connectivity index is 3.47. The van der Waals surface area contributed by atoms with Gasteiger partial charge in [0.2, 0.25) is 10.0 Å². The maximum atomic E-state index is 12.2. The molecule has 1 atom stereocenters. The number of hydrogen-bond donors (Lipinski definition) is 2. The predicted octanol–water partition coefficient (Wildman–Crippen LogP) is 1.53. The first-order chi connectivity index (χ1) is 9.60. The van der Waals surface area contributed by atoms with Crippen LogP contribution in [0.4, 0.5) is 0 Å². The number of aliphatic carboxylic acids is 1. The van der Waals surface area contributed by atoms with Crippen molar-refractivity contribution in [1.29, 1.82) is 0 Å². The lowest BCUT2D eigenvalue weighted by Gasteiger charge is -2.14. The normalized spacial score (nSPS) is 12.8. The van der Waals surface area contributed by atoms with Gasteiger partial charge < -0.3 is 9.84 Å². The van der Waals surface area contributed by atoms with E-state index in [4.69, 9.17) is 28.3 Å². The molecule has 1 aromatic carbocycles. The summed E-state index contributed by atoms with van der Waals surface area (Å²) in [4.78, 5) is 21.8. The fourth-order valence-corrected chi connectivity index (χ4v) is 3.67. The summed E-state index contributed by atoms with van der Waals surface area (Å²) in [6, 6.07) is 0.779. The Kier molecular flexibility index (Phi) is 5.57. The molecule has 0 heterocycles. The summed E-state index contributed by atoms with van der Waals surface area (Å²) in [5.74, 6) is -2.36. The highest BCUT2D eigenvalue weighted by Gasteiger charge is 2.29. The lowest BCUT2D eigenvalue weighted by atomic mass is 10.2. The molecule has 0 aromatic heterocycles. The Morgan fingerprint density at radius 1 is 1.33 bits per heavy atom. The predicted molar refractivity (Wildman–Crippen MR) is 75.2 cm³/mol. The van der Waals surface area contributed by atoms with Crippen LogP contribution in [0.25, 0.3) is 0 Å². The third-order valence-electron chi connectivity index (χ3n) is 2.38. The molecular formula is C11H11Cl2NO6S. The van der Waals surface area contributed by atoms with Crippen LogP contribution in [0.3, 0.4) is 0 Å². The molecule has 0 fully saturated rings. The van der Waals surface area contributed by atoms with Crippen LogP contribution in [-0.4, -0.2) is 38.6 Å². The second-order valence-electron chi connectivity index (χ2n) is 3.94. The molecule has 0 saturated carbocycles. The van der Waals surface area contributed by atoms with Gasteiger partial charge in [0.15, 0.2) is 0 Å². The molecule has 0 aliphatic heterocycles. The third kappa shape index (κ3) is 4.07. The van der Waals surface area contributed by atoms with Gasteiger partial charge >= 0.3 is 11.9 Å². The van der Waals surface area contributed by atoms with Gasteiger partial charge in [0, 0.05) is 5.02 Å². The van der Waals surface area contributed by atoms with Gasteiger partial charge in [-0.1, -0.05) is 23.2 Å². The number of sulfonamides is 1. The summed E-state index contributed by atoms with van der Waals surface area (Å²) in [6.45, 7) is 1.13. The lowest BCUT2D eigenvalue weighted by Crippen LogP contribution is -2.39. The third-order valence-corrected chi connectivity index (χ3v) is 4.65. The summed E-state index contributed by atoms with van der Waals surface area (Å²) >= 11 is 11.6. The van der Waals surface area contributed by atoms with Crippen molar-refractivity contribution in [2.75, 3.05) is 7.11 Å². The van der Waals surface area contributed by atoms with E-state index in [1.54, 1.807) is 0 Å². The molecule has 0 radical (unpaired) electrons. The monoisotopic (exact) mass is 355 g/mol. The Hall–Kier alpha value is -1.35. The number of carboxylic acid groups (broad SMARTS) is 1. The molecule has 7 nitrogen and oxygen atoms in total. The Morgan fingerprint density at radius 3 is 2.38 bits per heavy atom. The molecule has 0 aliphatic carbocycles. The number of nitrogens with one attached hydrogen (secondary N) is 1. The number of rotatable bonds is 5. The molecule has 1 aromatic rings. The van der Waals surface area contributed by atoms with Crippen molar-refractivity contribution in [3.05, 3.63) is 27.7 Å². The molecule has 0 spiro atoms. The van der Waals surface area contributed by atoms with Crippen molar-refractivity contribution < 1.29 is 27.9 Å². The van der Waals surface area contributed by atoms with Crippen molar-refractivity contribution in [3.8, 4) is 0 Å². The minimum absolute atomic E-state index is 0.0330. The molecule has 116 valence electrons. The van der Waals surface area contributed by atoms with Crippen LogP contribution in [0.15, 0.2) is 17.0 Å². The molecule has 21 heavy (non-hydrogen) atoms. The number of hydrogen-bond acceptors (Lipinski definition) is 5. The largest absolute Gasteiger partial charge is 0.480 e. The van der Waals surface area contributed by atoms with E-state index in [0.29, 0.717) is 0 Å². The molecule has 1 unspecified atom stereocenters. The zero-order chi connectivity index (χ0) is 16.4. The van der Waals surface area contributed by atoms with Gasteiger partial charge in [-0.2, -0.15) is 4.72 Å². The lowest BCUT2D eigenvalue weighted by molar-refractivity contribution is -0.138. The smallest absolute Gasteiger partial charge is 0.339 e. The van der Waals surface area contributed by atoms with Crippen molar-refractivity contribution in [2.45, 2.75) is 17.9 Å². The molecule has 0 bridgehead atoms. The Bertz CT molecular complexity index is 688. The van der Waals surface area contributed by atoms with Crippen LogP contribution in [0.1, 0.15) is 17.3 Å². The van der Waals surface area contributed by atoms with Crippen molar-refractivity contribution in [3.63, 3.8) is 0 Å². The summed E-state index contributed by atoms with van der Waals surface area (Å²) in [5, 5.41) is 8.46. The fraction of sp³-hybridized carbons (Fsp3) is 0.273. The number of halogens is 2. The number of benzene rings is 1. The topological polar surface area (TPSA) is 110 Å². The number of methoxy groups -OCH3 is 1. The molecule has 1 rings (SSSR count). The number of ether oxygens (including phenoxy) is 1. The van der Waals surface area contributed by atoms with Gasteiger partial charge in [-0.25, -0.2) is 13.2 Å². The molecule has 0 amide bonds. The van der Waals surface area contributed by atoms with Crippen molar-refractivity contribution >= 4 is 45.2 Å². The van der Waals surface area contributed by atoms with E-state index in [2.05, 4.69) is 4.74 Å². The average Bonchev–Trinajstić information content (AvgIpc) is 2.35. The molecule has 0 saturated heterocycles. The van der Waals surface area contributed by atoms with E-state index < -0.39 is 32.9 Å². The van der Waals surface area contributed by atoms with E-state index in [9.17, 15) is 18.0 Å². The van der Waals surface area contributed by atoms with Gasteiger partial charge in [0.25, 0.3) is 0 Å². The quantitative estimate of drug-likeness (QED) is 0.775. The standard InChI is InChI=1S/C11H11Cl2NO6S/c1-5(10(15)16)14-21(18,19)9-7(11(17)20-2)3-6(12)4-8(9)13/h3-5,14H,1-2H3,(H,15,16). The summed E-state index contributed by atoms with van der Waals surface area (Å²) in [6.07, 6.45) is 0. The number of carboxylic acids is 1. The summed E-state index contributed by atoms with van der Waals surface area (Å²) in [5.41, 5.74) is -0.389. The minimum Gasteiger partial charge on any atom is -0.480 e. The van der Waals surface area contributed by atoms with Gasteiger partial charge in [-0.3, -0.25) is 4.79 Å². The van der Waals surface area contributed by atoms with E-state index in [0.717, 1.165) is 26.2 Å². The van der Waals surface area contributed by atoms with Crippen LogP contribution < -0.4 is 4.72 Å². The molecule has 0 aliphatic rings. The summed E-state index contributed by atoms with van der Waals surface area (Å²) < 4.78 is 30.8. The second-order valence-corrected chi connectivity index (χ2v) is 6.43. The Labute approximate surface area is 130 Å². The van der Waals surface area contributed by atoms with Gasteiger partial charge in [0.05, 0.1) is 17.7 Å². The van der Waals surface area contributed by atoms with E-state index >= 15 is 0 Å².